The van der Waals surface area contributed by atoms with Crippen LogP contribution < -0.4 is 10.2 Å². The molecule has 0 spiro atoms. The number of aryl methyl sites for hydroxylation is 1. The second kappa shape index (κ2) is 9.01. The van der Waals surface area contributed by atoms with Crippen LogP contribution in [0.1, 0.15) is 21.7 Å². The van der Waals surface area contributed by atoms with E-state index in [0.717, 1.165) is 11.1 Å². The summed E-state index contributed by atoms with van der Waals surface area (Å²) in [7, 11) is 1.32. The minimum atomic E-state index is -0.634. The third kappa shape index (κ3) is 4.30. The fourth-order valence-corrected chi connectivity index (χ4v) is 3.91. The van der Waals surface area contributed by atoms with Crippen LogP contribution in [0.5, 0.6) is 0 Å². The minimum absolute atomic E-state index is 0.0586. The lowest BCUT2D eigenvalue weighted by molar-refractivity contribution is -0.122. The Bertz CT molecular complexity index is 1340. The zero-order chi connectivity index (χ0) is 23.7. The number of amides is 2. The number of methoxy groups -OCH3 is 1. The molecule has 0 bridgehead atoms. The number of para-hydroxylation sites is 1. The number of thiocarbonyl (C=S) groups is 1. The molecule has 3 aromatic rings. The standard InChI is InChI=1S/C24H17ClN2O5S/c1-13-11-14(23(30)31-2)7-9-16(13)20-10-8-15(32-20)12-17-21(28)26-24(33)27(22(17)29)19-6-4-3-5-18(19)25/h3-12H,1-2H3,(H,26,28,33)/b17-12+. The Labute approximate surface area is 199 Å². The molecular weight excluding hydrogens is 464 g/mol. The van der Waals surface area contributed by atoms with Gasteiger partial charge in [-0.1, -0.05) is 29.8 Å². The topological polar surface area (TPSA) is 88.9 Å². The molecular formula is C24H17ClN2O5S. The normalized spacial score (nSPS) is 15.1. The third-order valence-corrected chi connectivity index (χ3v) is 5.63. The van der Waals surface area contributed by atoms with E-state index in [1.807, 2.05) is 6.92 Å². The van der Waals surface area contributed by atoms with Crippen molar-refractivity contribution in [1.82, 2.24) is 5.32 Å². The molecule has 9 heteroatoms. The Morgan fingerprint density at radius 3 is 2.61 bits per heavy atom. The van der Waals surface area contributed by atoms with E-state index < -0.39 is 17.8 Å². The maximum atomic E-state index is 13.1. The summed E-state index contributed by atoms with van der Waals surface area (Å²) in [6.07, 6.45) is 1.35. The lowest BCUT2D eigenvalue weighted by Gasteiger charge is -2.29. The zero-order valence-electron chi connectivity index (χ0n) is 17.5. The van der Waals surface area contributed by atoms with Gasteiger partial charge in [-0.05, 0) is 67.2 Å². The number of nitrogens with zero attached hydrogens (tertiary/aromatic N) is 1. The molecule has 1 aliphatic rings. The van der Waals surface area contributed by atoms with Gasteiger partial charge in [0.15, 0.2) is 5.11 Å². The van der Waals surface area contributed by atoms with Crippen molar-refractivity contribution in [2.75, 3.05) is 12.0 Å². The molecule has 7 nitrogen and oxygen atoms in total. The van der Waals surface area contributed by atoms with Gasteiger partial charge in [-0.2, -0.15) is 0 Å². The van der Waals surface area contributed by atoms with Gasteiger partial charge in [-0.3, -0.25) is 19.8 Å². The van der Waals surface area contributed by atoms with Crippen molar-refractivity contribution in [3.8, 4) is 11.3 Å². The van der Waals surface area contributed by atoms with Gasteiger partial charge >= 0.3 is 5.97 Å². The molecule has 1 aliphatic heterocycles. The molecule has 4 rings (SSSR count). The van der Waals surface area contributed by atoms with Crippen LogP contribution >= 0.6 is 23.8 Å². The van der Waals surface area contributed by atoms with Crippen LogP contribution in [-0.2, 0) is 14.3 Å². The largest absolute Gasteiger partial charge is 0.465 e. The smallest absolute Gasteiger partial charge is 0.337 e. The molecule has 0 unspecified atom stereocenters. The van der Waals surface area contributed by atoms with Crippen LogP contribution in [0.2, 0.25) is 5.02 Å². The summed E-state index contributed by atoms with van der Waals surface area (Å²) in [4.78, 5) is 38.5. The van der Waals surface area contributed by atoms with Gasteiger partial charge in [0, 0.05) is 5.56 Å². The monoisotopic (exact) mass is 480 g/mol. The van der Waals surface area contributed by atoms with Crippen molar-refractivity contribution >= 4 is 58.5 Å². The Morgan fingerprint density at radius 2 is 1.91 bits per heavy atom. The van der Waals surface area contributed by atoms with Crippen molar-refractivity contribution < 1.29 is 23.5 Å². The molecule has 0 saturated carbocycles. The number of rotatable bonds is 4. The molecule has 166 valence electrons. The molecule has 1 fully saturated rings. The number of ether oxygens (including phenoxy) is 1. The summed E-state index contributed by atoms with van der Waals surface area (Å²) >= 11 is 11.4. The number of hydrogen-bond donors (Lipinski definition) is 1. The molecule has 0 aliphatic carbocycles. The van der Waals surface area contributed by atoms with Crippen LogP contribution in [0.3, 0.4) is 0 Å². The summed E-state index contributed by atoms with van der Waals surface area (Å²) in [5.41, 5.74) is 2.19. The van der Waals surface area contributed by atoms with Crippen molar-refractivity contribution in [2.24, 2.45) is 0 Å². The predicted molar refractivity (Wildman–Crippen MR) is 128 cm³/mol. The number of carbonyl (C=O) groups excluding carboxylic acids is 3. The maximum absolute atomic E-state index is 13.1. The van der Waals surface area contributed by atoms with Gasteiger partial charge in [-0.25, -0.2) is 4.79 Å². The van der Waals surface area contributed by atoms with Crippen molar-refractivity contribution in [1.29, 1.82) is 0 Å². The van der Waals surface area contributed by atoms with Gasteiger partial charge in [-0.15, -0.1) is 0 Å². The number of carbonyl (C=O) groups is 3. The summed E-state index contributed by atoms with van der Waals surface area (Å²) in [5, 5.41) is 2.77. The second-order valence-electron chi connectivity index (χ2n) is 7.13. The molecule has 2 heterocycles. The van der Waals surface area contributed by atoms with Crippen LogP contribution in [0.25, 0.3) is 17.4 Å². The highest BCUT2D eigenvalue weighted by molar-refractivity contribution is 7.80. The van der Waals surface area contributed by atoms with E-state index in [9.17, 15) is 14.4 Å². The molecule has 1 N–H and O–H groups in total. The molecule has 2 amide bonds. The average molecular weight is 481 g/mol. The van der Waals surface area contributed by atoms with Crippen LogP contribution in [0.4, 0.5) is 5.69 Å². The van der Waals surface area contributed by atoms with E-state index in [1.54, 1.807) is 54.6 Å². The number of halogens is 1. The van der Waals surface area contributed by atoms with Gasteiger partial charge in [0.25, 0.3) is 11.8 Å². The Balaban J connectivity index is 1.66. The highest BCUT2D eigenvalue weighted by Gasteiger charge is 2.35. The number of esters is 1. The third-order valence-electron chi connectivity index (χ3n) is 5.02. The van der Waals surface area contributed by atoms with Crippen LogP contribution in [0.15, 0.2) is 64.6 Å². The highest BCUT2D eigenvalue weighted by atomic mass is 35.5. The van der Waals surface area contributed by atoms with E-state index in [1.165, 1.54) is 18.1 Å². The van der Waals surface area contributed by atoms with Crippen LogP contribution in [-0.4, -0.2) is 30.0 Å². The molecule has 0 radical (unpaired) electrons. The fraction of sp³-hybridized carbons (Fsp3) is 0.0833. The average Bonchev–Trinajstić information content (AvgIpc) is 3.25. The first-order chi connectivity index (χ1) is 15.8. The van der Waals surface area contributed by atoms with Crippen molar-refractivity contribution in [3.05, 3.63) is 82.1 Å². The van der Waals surface area contributed by atoms with Crippen molar-refractivity contribution in [2.45, 2.75) is 6.92 Å². The summed E-state index contributed by atoms with van der Waals surface area (Å²) in [6, 6.07) is 15.1. The molecule has 0 atom stereocenters. The predicted octanol–water partition coefficient (Wildman–Crippen LogP) is 4.53. The first-order valence-electron chi connectivity index (χ1n) is 9.75. The summed E-state index contributed by atoms with van der Waals surface area (Å²) < 4.78 is 10.6. The maximum Gasteiger partial charge on any atom is 0.337 e. The van der Waals surface area contributed by atoms with Crippen molar-refractivity contribution in [3.63, 3.8) is 0 Å². The molecule has 1 aromatic heterocycles. The highest BCUT2D eigenvalue weighted by Crippen LogP contribution is 2.30. The summed E-state index contributed by atoms with van der Waals surface area (Å²) in [5.74, 6) is -0.875. The SMILES string of the molecule is COC(=O)c1ccc(-c2ccc(/C=C3\C(=O)NC(=S)N(c4ccccc4Cl)C3=O)o2)c(C)c1. The van der Waals surface area contributed by atoms with Crippen LogP contribution in [0, 0.1) is 6.92 Å². The number of hydrogen-bond acceptors (Lipinski definition) is 6. The van der Waals surface area contributed by atoms with Gasteiger partial charge in [0.2, 0.25) is 0 Å². The first-order valence-corrected chi connectivity index (χ1v) is 10.5. The number of furan rings is 1. The Hall–Kier alpha value is -3.75. The first kappa shape index (κ1) is 22.4. The van der Waals surface area contributed by atoms with Gasteiger partial charge < -0.3 is 9.15 Å². The number of nitrogens with one attached hydrogen (secondary N) is 1. The quantitative estimate of drug-likeness (QED) is 0.255. The molecule has 1 saturated heterocycles. The van der Waals surface area contributed by atoms with Gasteiger partial charge in [0.05, 0.1) is 23.4 Å². The zero-order valence-corrected chi connectivity index (χ0v) is 19.1. The van der Waals surface area contributed by atoms with E-state index in [0.29, 0.717) is 27.8 Å². The second-order valence-corrected chi connectivity index (χ2v) is 7.93. The van der Waals surface area contributed by atoms with E-state index in [-0.39, 0.29) is 10.7 Å². The van der Waals surface area contributed by atoms with Gasteiger partial charge in [0.1, 0.15) is 17.1 Å². The Morgan fingerprint density at radius 1 is 1.15 bits per heavy atom. The Kier molecular flexibility index (Phi) is 6.13. The number of anilines is 1. The van der Waals surface area contributed by atoms with E-state index >= 15 is 0 Å². The molecule has 2 aromatic carbocycles. The fourth-order valence-electron chi connectivity index (χ4n) is 3.41. The lowest BCUT2D eigenvalue weighted by atomic mass is 10.0. The van der Waals surface area contributed by atoms with E-state index in [4.69, 9.17) is 33.0 Å². The lowest BCUT2D eigenvalue weighted by Crippen LogP contribution is -2.54. The molecule has 33 heavy (non-hydrogen) atoms. The number of benzene rings is 2. The summed E-state index contributed by atoms with van der Waals surface area (Å²) in [6.45, 7) is 1.84. The minimum Gasteiger partial charge on any atom is -0.465 e. The van der Waals surface area contributed by atoms with E-state index in [2.05, 4.69) is 5.32 Å².